The number of rotatable bonds is 5. The quantitative estimate of drug-likeness (QED) is 0.923. The van der Waals surface area contributed by atoms with Gasteiger partial charge in [-0.2, -0.15) is 5.10 Å². The molecule has 0 radical (unpaired) electrons. The van der Waals surface area contributed by atoms with Crippen molar-refractivity contribution in [3.63, 3.8) is 0 Å². The lowest BCUT2D eigenvalue weighted by Crippen LogP contribution is -2.36. The lowest BCUT2D eigenvalue weighted by atomic mass is 10.0. The summed E-state index contributed by atoms with van der Waals surface area (Å²) < 4.78 is 15.8. The smallest absolute Gasteiger partial charge is 0.150 e. The van der Waals surface area contributed by atoms with E-state index in [-0.39, 0.29) is 17.9 Å². The van der Waals surface area contributed by atoms with Gasteiger partial charge in [-0.3, -0.25) is 0 Å². The SMILES string of the molecule is CCc1nc2n(n1)CCC[C@@H]2N[C@H](C)Cc1ccccc1F. The molecule has 22 heavy (non-hydrogen) atoms. The summed E-state index contributed by atoms with van der Waals surface area (Å²) in [6, 6.07) is 7.39. The summed E-state index contributed by atoms with van der Waals surface area (Å²) in [4.78, 5) is 4.64. The molecule has 2 aromatic rings. The van der Waals surface area contributed by atoms with Gasteiger partial charge in [-0.05, 0) is 37.8 Å². The summed E-state index contributed by atoms with van der Waals surface area (Å²) in [5.41, 5.74) is 0.758. The minimum atomic E-state index is -0.128. The molecule has 3 rings (SSSR count). The molecule has 0 unspecified atom stereocenters. The second-order valence-electron chi connectivity index (χ2n) is 6.02. The summed E-state index contributed by atoms with van der Waals surface area (Å²) >= 11 is 0. The Kier molecular flexibility index (Phi) is 4.52. The Labute approximate surface area is 130 Å². The number of hydrogen-bond acceptors (Lipinski definition) is 3. The molecule has 0 bridgehead atoms. The van der Waals surface area contributed by atoms with E-state index in [9.17, 15) is 4.39 Å². The highest BCUT2D eigenvalue weighted by atomic mass is 19.1. The van der Waals surface area contributed by atoms with Crippen LogP contribution < -0.4 is 5.32 Å². The Morgan fingerprint density at radius 1 is 1.41 bits per heavy atom. The number of aromatic nitrogens is 3. The Hall–Kier alpha value is -1.75. The van der Waals surface area contributed by atoms with Crippen molar-refractivity contribution >= 4 is 0 Å². The zero-order valence-electron chi connectivity index (χ0n) is 13.2. The number of hydrogen-bond donors (Lipinski definition) is 1. The number of aryl methyl sites for hydroxylation is 2. The van der Waals surface area contributed by atoms with E-state index in [2.05, 4.69) is 29.2 Å². The van der Waals surface area contributed by atoms with Gasteiger partial charge in [0.1, 0.15) is 11.6 Å². The van der Waals surface area contributed by atoms with Crippen LogP contribution in [-0.2, 0) is 19.4 Å². The van der Waals surface area contributed by atoms with E-state index < -0.39 is 0 Å². The molecule has 1 N–H and O–H groups in total. The van der Waals surface area contributed by atoms with E-state index in [0.717, 1.165) is 43.0 Å². The van der Waals surface area contributed by atoms with Gasteiger partial charge in [0.05, 0.1) is 6.04 Å². The standard InChI is InChI=1S/C17H23FN4/c1-3-16-20-17-15(9-6-10-22(17)21-16)19-12(2)11-13-7-4-5-8-14(13)18/h4-5,7-8,12,15,19H,3,6,9-11H2,1-2H3/t12-,15+/m1/s1. The van der Waals surface area contributed by atoms with Crippen molar-refractivity contribution in [2.24, 2.45) is 0 Å². The molecule has 0 aliphatic carbocycles. The number of nitrogens with one attached hydrogen (secondary N) is 1. The van der Waals surface area contributed by atoms with Crippen molar-refractivity contribution in [2.45, 2.75) is 58.2 Å². The number of halogens is 1. The highest BCUT2D eigenvalue weighted by Gasteiger charge is 2.25. The number of nitrogens with zero attached hydrogens (tertiary/aromatic N) is 3. The molecule has 0 saturated carbocycles. The molecule has 0 amide bonds. The summed E-state index contributed by atoms with van der Waals surface area (Å²) in [5.74, 6) is 1.81. The van der Waals surface area contributed by atoms with E-state index in [1.165, 1.54) is 6.07 Å². The molecule has 0 saturated heterocycles. The van der Waals surface area contributed by atoms with E-state index in [1.54, 1.807) is 6.07 Å². The van der Waals surface area contributed by atoms with Gasteiger partial charge in [-0.1, -0.05) is 25.1 Å². The second kappa shape index (κ2) is 6.57. The maximum atomic E-state index is 13.8. The third-order valence-corrected chi connectivity index (χ3v) is 4.20. The molecule has 2 atom stereocenters. The van der Waals surface area contributed by atoms with Crippen molar-refractivity contribution < 1.29 is 4.39 Å². The van der Waals surface area contributed by atoms with Crippen LogP contribution in [0.4, 0.5) is 4.39 Å². The largest absolute Gasteiger partial charge is 0.304 e. The van der Waals surface area contributed by atoms with Crippen LogP contribution in [-0.4, -0.2) is 20.8 Å². The minimum Gasteiger partial charge on any atom is -0.304 e. The highest BCUT2D eigenvalue weighted by molar-refractivity contribution is 5.18. The summed E-state index contributed by atoms with van der Waals surface area (Å²) in [6.07, 6.45) is 3.70. The van der Waals surface area contributed by atoms with Gasteiger partial charge in [-0.15, -0.1) is 0 Å². The van der Waals surface area contributed by atoms with E-state index >= 15 is 0 Å². The van der Waals surface area contributed by atoms with Gasteiger partial charge in [0.2, 0.25) is 0 Å². The molecule has 4 nitrogen and oxygen atoms in total. The molecule has 1 aromatic heterocycles. The normalized spacial score (nSPS) is 19.0. The predicted octanol–water partition coefficient (Wildman–Crippen LogP) is 3.04. The van der Waals surface area contributed by atoms with Crippen LogP contribution in [0.5, 0.6) is 0 Å². The molecular weight excluding hydrogens is 279 g/mol. The van der Waals surface area contributed by atoms with Gasteiger partial charge < -0.3 is 5.32 Å². The summed E-state index contributed by atoms with van der Waals surface area (Å²) in [7, 11) is 0. The fraction of sp³-hybridized carbons (Fsp3) is 0.529. The van der Waals surface area contributed by atoms with Gasteiger partial charge >= 0.3 is 0 Å². The summed E-state index contributed by atoms with van der Waals surface area (Å²) in [6.45, 7) is 5.12. The van der Waals surface area contributed by atoms with Gasteiger partial charge in [0.15, 0.2) is 5.82 Å². The summed E-state index contributed by atoms with van der Waals surface area (Å²) in [5, 5.41) is 8.13. The van der Waals surface area contributed by atoms with Crippen LogP contribution in [0, 0.1) is 5.82 Å². The fourth-order valence-corrected chi connectivity index (χ4v) is 3.10. The molecule has 5 heteroatoms. The molecule has 0 spiro atoms. The van der Waals surface area contributed by atoms with E-state index in [0.29, 0.717) is 6.42 Å². The second-order valence-corrected chi connectivity index (χ2v) is 6.02. The molecular formula is C17H23FN4. The highest BCUT2D eigenvalue weighted by Crippen LogP contribution is 2.24. The monoisotopic (exact) mass is 302 g/mol. The average Bonchev–Trinajstić information content (AvgIpc) is 2.94. The van der Waals surface area contributed by atoms with Crippen molar-refractivity contribution in [3.8, 4) is 0 Å². The molecule has 1 aliphatic rings. The average molecular weight is 302 g/mol. The van der Waals surface area contributed by atoms with Crippen LogP contribution in [0.25, 0.3) is 0 Å². The van der Waals surface area contributed by atoms with Crippen LogP contribution >= 0.6 is 0 Å². The molecule has 1 aliphatic heterocycles. The van der Waals surface area contributed by atoms with Crippen molar-refractivity contribution in [3.05, 3.63) is 47.3 Å². The van der Waals surface area contributed by atoms with Crippen molar-refractivity contribution in [1.29, 1.82) is 0 Å². The third-order valence-electron chi connectivity index (χ3n) is 4.20. The van der Waals surface area contributed by atoms with E-state index in [4.69, 9.17) is 0 Å². The first-order valence-corrected chi connectivity index (χ1v) is 8.10. The molecule has 2 heterocycles. The first-order chi connectivity index (χ1) is 10.7. The van der Waals surface area contributed by atoms with Crippen molar-refractivity contribution in [2.75, 3.05) is 0 Å². The Bertz CT molecular complexity index is 637. The van der Waals surface area contributed by atoms with Gasteiger partial charge in [0, 0.05) is 19.0 Å². The molecule has 118 valence electrons. The lowest BCUT2D eigenvalue weighted by Gasteiger charge is -2.26. The number of fused-ring (bicyclic) bond motifs is 1. The first kappa shape index (κ1) is 15.2. The topological polar surface area (TPSA) is 42.7 Å². The molecule has 1 aromatic carbocycles. The minimum absolute atomic E-state index is 0.128. The predicted molar refractivity (Wildman–Crippen MR) is 84.1 cm³/mol. The molecule has 0 fully saturated rings. The first-order valence-electron chi connectivity index (χ1n) is 8.10. The Morgan fingerprint density at radius 3 is 3.00 bits per heavy atom. The van der Waals surface area contributed by atoms with Gasteiger partial charge in [0.25, 0.3) is 0 Å². The van der Waals surface area contributed by atoms with Crippen LogP contribution in [0.15, 0.2) is 24.3 Å². The fourth-order valence-electron chi connectivity index (χ4n) is 3.10. The van der Waals surface area contributed by atoms with Crippen LogP contribution in [0.2, 0.25) is 0 Å². The lowest BCUT2D eigenvalue weighted by molar-refractivity contribution is 0.339. The maximum absolute atomic E-state index is 13.8. The van der Waals surface area contributed by atoms with E-state index in [1.807, 2.05) is 16.8 Å². The van der Waals surface area contributed by atoms with Gasteiger partial charge in [-0.25, -0.2) is 14.1 Å². The van der Waals surface area contributed by atoms with Crippen LogP contribution in [0.1, 0.15) is 49.9 Å². The zero-order chi connectivity index (χ0) is 15.5. The van der Waals surface area contributed by atoms with Crippen LogP contribution in [0.3, 0.4) is 0 Å². The Balaban J connectivity index is 1.69. The number of benzene rings is 1. The maximum Gasteiger partial charge on any atom is 0.150 e. The van der Waals surface area contributed by atoms with Crippen molar-refractivity contribution in [1.82, 2.24) is 20.1 Å². The Morgan fingerprint density at radius 2 is 2.23 bits per heavy atom. The zero-order valence-corrected chi connectivity index (χ0v) is 13.2. The third kappa shape index (κ3) is 3.19.